The molecule has 0 aliphatic carbocycles. The lowest BCUT2D eigenvalue weighted by Crippen LogP contribution is -2.25. The van der Waals surface area contributed by atoms with Gasteiger partial charge in [0.2, 0.25) is 5.91 Å². The zero-order chi connectivity index (χ0) is 23.4. The van der Waals surface area contributed by atoms with Crippen LogP contribution in [-0.2, 0) is 11.3 Å². The van der Waals surface area contributed by atoms with Gasteiger partial charge in [-0.1, -0.05) is 36.0 Å². The van der Waals surface area contributed by atoms with Crippen LogP contribution in [0.5, 0.6) is 5.75 Å². The number of methoxy groups -OCH3 is 1. The maximum atomic E-state index is 13.9. The average Bonchev–Trinajstić information content (AvgIpc) is 2.81. The van der Waals surface area contributed by atoms with Crippen molar-refractivity contribution in [2.45, 2.75) is 11.7 Å². The van der Waals surface area contributed by atoms with Crippen LogP contribution in [0.4, 0.5) is 14.5 Å². The van der Waals surface area contributed by atoms with Gasteiger partial charge in [0.1, 0.15) is 5.82 Å². The summed E-state index contributed by atoms with van der Waals surface area (Å²) in [5.74, 6) is -1.33. The topological polar surface area (TPSA) is 73.2 Å². The lowest BCUT2D eigenvalue weighted by molar-refractivity contribution is -0.113. The van der Waals surface area contributed by atoms with Crippen molar-refractivity contribution in [3.05, 3.63) is 94.3 Å². The van der Waals surface area contributed by atoms with E-state index in [1.54, 1.807) is 36.4 Å². The molecule has 1 N–H and O–H groups in total. The van der Waals surface area contributed by atoms with Crippen molar-refractivity contribution in [3.8, 4) is 5.75 Å². The van der Waals surface area contributed by atoms with Gasteiger partial charge < -0.3 is 10.1 Å². The lowest BCUT2D eigenvalue weighted by atomic mass is 10.2. The van der Waals surface area contributed by atoms with Crippen molar-refractivity contribution in [2.24, 2.45) is 0 Å². The average molecular weight is 467 g/mol. The summed E-state index contributed by atoms with van der Waals surface area (Å²) in [6.45, 7) is 0.171. The van der Waals surface area contributed by atoms with Gasteiger partial charge in [-0.2, -0.15) is 0 Å². The summed E-state index contributed by atoms with van der Waals surface area (Å²) < 4.78 is 33.5. The first-order valence-corrected chi connectivity index (χ1v) is 10.9. The van der Waals surface area contributed by atoms with Crippen LogP contribution in [-0.4, -0.2) is 28.3 Å². The Morgan fingerprint density at radius 2 is 1.85 bits per heavy atom. The Kier molecular flexibility index (Phi) is 6.69. The molecule has 4 aromatic rings. The Labute approximate surface area is 192 Å². The largest absolute Gasteiger partial charge is 0.494 e. The van der Waals surface area contributed by atoms with Crippen molar-refractivity contribution in [3.63, 3.8) is 0 Å². The molecule has 0 atom stereocenters. The number of anilines is 1. The highest BCUT2D eigenvalue weighted by atomic mass is 32.2. The van der Waals surface area contributed by atoms with E-state index in [0.717, 1.165) is 17.3 Å². The molecule has 0 aliphatic heterocycles. The van der Waals surface area contributed by atoms with E-state index in [4.69, 9.17) is 4.74 Å². The van der Waals surface area contributed by atoms with E-state index in [9.17, 15) is 18.4 Å². The maximum Gasteiger partial charge on any atom is 0.262 e. The number of aromatic nitrogens is 2. The summed E-state index contributed by atoms with van der Waals surface area (Å²) in [6.07, 6.45) is 0. The molecule has 0 bridgehead atoms. The van der Waals surface area contributed by atoms with Crippen LogP contribution in [0.2, 0.25) is 0 Å². The highest BCUT2D eigenvalue weighted by Crippen LogP contribution is 2.22. The fourth-order valence-corrected chi connectivity index (χ4v) is 4.04. The summed E-state index contributed by atoms with van der Waals surface area (Å²) in [4.78, 5) is 30.2. The summed E-state index contributed by atoms with van der Waals surface area (Å²) in [5.41, 5.74) is 1.26. The van der Waals surface area contributed by atoms with Gasteiger partial charge in [-0.05, 0) is 42.0 Å². The van der Waals surface area contributed by atoms with E-state index < -0.39 is 5.82 Å². The number of thioether (sulfide) groups is 1. The van der Waals surface area contributed by atoms with Crippen LogP contribution in [0.25, 0.3) is 10.9 Å². The van der Waals surface area contributed by atoms with Crippen LogP contribution in [0, 0.1) is 11.6 Å². The molecule has 1 amide bonds. The molecule has 3 aromatic carbocycles. The number of rotatable bonds is 7. The smallest absolute Gasteiger partial charge is 0.262 e. The van der Waals surface area contributed by atoms with Crippen molar-refractivity contribution in [1.29, 1.82) is 0 Å². The van der Waals surface area contributed by atoms with Gasteiger partial charge in [-0.15, -0.1) is 0 Å². The number of nitrogens with one attached hydrogen (secondary N) is 1. The van der Waals surface area contributed by atoms with E-state index in [0.29, 0.717) is 16.1 Å². The fraction of sp³-hybridized carbons (Fsp3) is 0.125. The Balaban J connectivity index is 1.58. The minimum absolute atomic E-state index is 0.0537. The van der Waals surface area contributed by atoms with Crippen molar-refractivity contribution in [2.75, 3.05) is 18.2 Å². The second kappa shape index (κ2) is 9.83. The molecule has 4 rings (SSSR count). The van der Waals surface area contributed by atoms with Gasteiger partial charge in [-0.3, -0.25) is 14.2 Å². The third-order valence-electron chi connectivity index (χ3n) is 4.85. The number of hydrogen-bond acceptors (Lipinski definition) is 5. The first-order chi connectivity index (χ1) is 15.9. The summed E-state index contributed by atoms with van der Waals surface area (Å²) >= 11 is 1.08. The van der Waals surface area contributed by atoms with Crippen LogP contribution in [0.3, 0.4) is 0 Å². The van der Waals surface area contributed by atoms with E-state index in [2.05, 4.69) is 10.3 Å². The molecule has 0 saturated heterocycles. The maximum absolute atomic E-state index is 13.9. The van der Waals surface area contributed by atoms with Crippen LogP contribution >= 0.6 is 11.8 Å². The molecule has 9 heteroatoms. The molecule has 0 unspecified atom stereocenters. The van der Waals surface area contributed by atoms with Crippen molar-refractivity contribution >= 4 is 34.3 Å². The molecule has 0 spiro atoms. The Hall–Kier alpha value is -3.72. The number of fused-ring (bicyclic) bond motifs is 1. The van der Waals surface area contributed by atoms with Gasteiger partial charge >= 0.3 is 0 Å². The predicted molar refractivity (Wildman–Crippen MR) is 124 cm³/mol. The Morgan fingerprint density at radius 3 is 2.58 bits per heavy atom. The Bertz CT molecular complexity index is 1370. The van der Waals surface area contributed by atoms with Crippen molar-refractivity contribution in [1.82, 2.24) is 9.55 Å². The second-order valence-corrected chi connectivity index (χ2v) is 8.06. The molecule has 0 radical (unpaired) electrons. The molecular weight excluding hydrogens is 448 g/mol. The highest BCUT2D eigenvalue weighted by molar-refractivity contribution is 7.99. The van der Waals surface area contributed by atoms with Gasteiger partial charge in [0, 0.05) is 11.8 Å². The van der Waals surface area contributed by atoms with E-state index >= 15 is 0 Å². The first-order valence-electron chi connectivity index (χ1n) is 9.95. The minimum atomic E-state index is -0.590. The number of amides is 1. The zero-order valence-electron chi connectivity index (χ0n) is 17.5. The summed E-state index contributed by atoms with van der Waals surface area (Å²) in [6, 6.07) is 16.9. The third kappa shape index (κ3) is 5.20. The number of para-hydroxylation sites is 1. The number of halogens is 2. The van der Waals surface area contributed by atoms with Gasteiger partial charge in [-0.25, -0.2) is 13.8 Å². The minimum Gasteiger partial charge on any atom is -0.494 e. The molecule has 6 nitrogen and oxygen atoms in total. The molecule has 0 saturated carbocycles. The number of benzene rings is 3. The predicted octanol–water partition coefficient (Wildman–Crippen LogP) is 4.46. The molecule has 1 aromatic heterocycles. The normalized spacial score (nSPS) is 10.9. The Morgan fingerprint density at radius 1 is 1.09 bits per heavy atom. The van der Waals surface area contributed by atoms with Gasteiger partial charge in [0.05, 0.1) is 30.3 Å². The van der Waals surface area contributed by atoms with Crippen LogP contribution < -0.4 is 15.6 Å². The number of nitrogens with zero attached hydrogens (tertiary/aromatic N) is 2. The van der Waals surface area contributed by atoms with Crippen LogP contribution in [0.1, 0.15) is 5.56 Å². The number of carbonyl (C=O) groups is 1. The lowest BCUT2D eigenvalue weighted by Gasteiger charge is -2.13. The standard InChI is InChI=1S/C24H19F2N3O3S/c1-32-21-11-10-17(12-19(21)26)27-22(30)14-33-24-28-20-5-3-2-4-18(20)23(31)29(24)13-15-6-8-16(25)9-7-15/h2-12H,13-14H2,1H3,(H,27,30). The molecular formula is C24H19F2N3O3S. The van der Waals surface area contributed by atoms with Crippen LogP contribution in [0.15, 0.2) is 76.7 Å². The van der Waals surface area contributed by atoms with E-state index in [1.807, 2.05) is 0 Å². The zero-order valence-corrected chi connectivity index (χ0v) is 18.4. The summed E-state index contributed by atoms with van der Waals surface area (Å²) in [7, 11) is 1.36. The first kappa shape index (κ1) is 22.5. The molecule has 0 aliphatic rings. The number of carbonyl (C=O) groups excluding carboxylic acids is 1. The molecule has 33 heavy (non-hydrogen) atoms. The fourth-order valence-electron chi connectivity index (χ4n) is 3.24. The molecule has 0 fully saturated rings. The molecule has 1 heterocycles. The van der Waals surface area contributed by atoms with E-state index in [-0.39, 0.29) is 41.0 Å². The summed E-state index contributed by atoms with van der Waals surface area (Å²) in [5, 5.41) is 3.41. The quantitative estimate of drug-likeness (QED) is 0.321. The number of ether oxygens (including phenoxy) is 1. The van der Waals surface area contributed by atoms with Gasteiger partial charge in [0.15, 0.2) is 16.7 Å². The van der Waals surface area contributed by atoms with Crippen molar-refractivity contribution < 1.29 is 18.3 Å². The molecule has 168 valence electrons. The van der Waals surface area contributed by atoms with E-state index in [1.165, 1.54) is 42.0 Å². The highest BCUT2D eigenvalue weighted by Gasteiger charge is 2.14. The SMILES string of the molecule is COc1ccc(NC(=O)CSc2nc3ccccc3c(=O)n2Cc2ccc(F)cc2)cc1F. The number of hydrogen-bond donors (Lipinski definition) is 1. The monoisotopic (exact) mass is 467 g/mol. The second-order valence-electron chi connectivity index (χ2n) is 7.12. The van der Waals surface area contributed by atoms with Gasteiger partial charge in [0.25, 0.3) is 5.56 Å². The third-order valence-corrected chi connectivity index (χ3v) is 5.82.